The number of aromatic nitrogens is 2. The molecule has 0 saturated heterocycles. The zero-order chi connectivity index (χ0) is 16.3. The van der Waals surface area contributed by atoms with Gasteiger partial charge in [0.2, 0.25) is 0 Å². The van der Waals surface area contributed by atoms with Crippen LogP contribution in [0.5, 0.6) is 5.75 Å². The number of hydrogen-bond acceptors (Lipinski definition) is 4. The van der Waals surface area contributed by atoms with Gasteiger partial charge in [0.15, 0.2) is 11.4 Å². The van der Waals surface area contributed by atoms with Gasteiger partial charge in [0.1, 0.15) is 0 Å². The molecule has 1 aromatic carbocycles. The van der Waals surface area contributed by atoms with Crippen LogP contribution in [0.15, 0.2) is 36.5 Å². The van der Waals surface area contributed by atoms with E-state index >= 15 is 0 Å². The molecule has 3 N–H and O–H groups in total. The monoisotopic (exact) mass is 302 g/mol. The minimum Gasteiger partial charge on any atom is -0.504 e. The fraction of sp³-hybridized carbons (Fsp3) is 0.375. The Labute approximate surface area is 130 Å². The molecule has 6 heteroatoms. The van der Waals surface area contributed by atoms with E-state index in [0.717, 1.165) is 5.69 Å². The smallest absolute Gasteiger partial charge is 0.278 e. The summed E-state index contributed by atoms with van der Waals surface area (Å²) in [7, 11) is 1.68. The molecule has 0 radical (unpaired) electrons. The van der Waals surface area contributed by atoms with Gasteiger partial charge in [0.05, 0.1) is 11.9 Å². The predicted molar refractivity (Wildman–Crippen MR) is 85.0 cm³/mol. The lowest BCUT2D eigenvalue weighted by molar-refractivity contribution is 0.0731. The Balaban J connectivity index is 2.22. The Morgan fingerprint density at radius 1 is 1.36 bits per heavy atom. The molecule has 6 nitrogen and oxygen atoms in total. The molecule has 0 saturated carbocycles. The zero-order valence-corrected chi connectivity index (χ0v) is 13.2. The highest BCUT2D eigenvalue weighted by molar-refractivity contribution is 5.94. The van der Waals surface area contributed by atoms with E-state index in [-0.39, 0.29) is 22.8 Å². The van der Waals surface area contributed by atoms with E-state index < -0.39 is 0 Å². The molecule has 0 aliphatic rings. The van der Waals surface area contributed by atoms with Gasteiger partial charge < -0.3 is 15.7 Å². The van der Waals surface area contributed by atoms with Gasteiger partial charge in [-0.2, -0.15) is 5.10 Å². The largest absolute Gasteiger partial charge is 0.504 e. The van der Waals surface area contributed by atoms with Crippen LogP contribution in [0.3, 0.4) is 0 Å². The maximum atomic E-state index is 12.5. The Morgan fingerprint density at radius 3 is 2.59 bits per heavy atom. The molecule has 0 fully saturated rings. The third kappa shape index (κ3) is 3.46. The summed E-state index contributed by atoms with van der Waals surface area (Å²) in [6, 6.07) is 9.32. The highest BCUT2D eigenvalue weighted by Gasteiger charge is 2.25. The van der Waals surface area contributed by atoms with Gasteiger partial charge in [0.25, 0.3) is 5.91 Å². The van der Waals surface area contributed by atoms with Crippen LogP contribution < -0.4 is 5.73 Å². The van der Waals surface area contributed by atoms with E-state index in [9.17, 15) is 9.90 Å². The lowest BCUT2D eigenvalue weighted by atomic mass is 9.93. The van der Waals surface area contributed by atoms with E-state index in [2.05, 4.69) is 5.10 Å². The van der Waals surface area contributed by atoms with Crippen LogP contribution in [0.2, 0.25) is 0 Å². The summed E-state index contributed by atoms with van der Waals surface area (Å²) >= 11 is 0. The van der Waals surface area contributed by atoms with Crippen molar-refractivity contribution in [1.82, 2.24) is 14.7 Å². The van der Waals surface area contributed by atoms with Crippen LogP contribution in [0.25, 0.3) is 5.69 Å². The number of rotatable bonds is 5. The quantitative estimate of drug-likeness (QED) is 0.879. The van der Waals surface area contributed by atoms with Crippen LogP contribution >= 0.6 is 0 Å². The predicted octanol–water partition coefficient (Wildman–Crippen LogP) is 1.63. The summed E-state index contributed by atoms with van der Waals surface area (Å²) in [5.41, 5.74) is 6.32. The van der Waals surface area contributed by atoms with Crippen molar-refractivity contribution in [3.05, 3.63) is 42.2 Å². The van der Waals surface area contributed by atoms with E-state index in [1.54, 1.807) is 7.05 Å². The molecular weight excluding hydrogens is 280 g/mol. The van der Waals surface area contributed by atoms with Gasteiger partial charge >= 0.3 is 0 Å². The number of aromatic hydroxyl groups is 1. The molecule has 0 spiro atoms. The molecule has 1 amide bonds. The van der Waals surface area contributed by atoms with Gasteiger partial charge in [-0.1, -0.05) is 32.0 Å². The summed E-state index contributed by atoms with van der Waals surface area (Å²) < 4.78 is 1.49. The maximum Gasteiger partial charge on any atom is 0.278 e. The fourth-order valence-corrected chi connectivity index (χ4v) is 2.19. The number of nitrogens with zero attached hydrogens (tertiary/aromatic N) is 3. The average molecular weight is 302 g/mol. The van der Waals surface area contributed by atoms with E-state index in [1.807, 2.05) is 44.2 Å². The summed E-state index contributed by atoms with van der Waals surface area (Å²) in [5, 5.41) is 14.2. The fourth-order valence-electron chi connectivity index (χ4n) is 2.19. The second-order valence-electron chi connectivity index (χ2n) is 6.17. The maximum absolute atomic E-state index is 12.5. The molecule has 1 aromatic heterocycles. The summed E-state index contributed by atoms with van der Waals surface area (Å²) in [6.07, 6.45) is 1.44. The zero-order valence-electron chi connectivity index (χ0n) is 13.2. The van der Waals surface area contributed by atoms with Gasteiger partial charge in [-0.3, -0.25) is 4.79 Å². The molecular formula is C16H22N4O2. The van der Waals surface area contributed by atoms with E-state index in [1.165, 1.54) is 15.8 Å². The molecule has 0 bridgehead atoms. The van der Waals surface area contributed by atoms with Crippen molar-refractivity contribution in [2.24, 2.45) is 11.1 Å². The summed E-state index contributed by atoms with van der Waals surface area (Å²) in [6.45, 7) is 4.92. The first-order chi connectivity index (χ1) is 10.3. The van der Waals surface area contributed by atoms with Gasteiger partial charge in [0, 0.05) is 13.6 Å². The lowest BCUT2D eigenvalue weighted by Crippen LogP contribution is -2.40. The highest BCUT2D eigenvalue weighted by Crippen LogP contribution is 2.21. The molecule has 2 aromatic rings. The minimum atomic E-state index is -0.325. The number of amides is 1. The van der Waals surface area contributed by atoms with E-state index in [4.69, 9.17) is 5.73 Å². The number of carbonyl (C=O) groups excluding carboxylic acids is 1. The van der Waals surface area contributed by atoms with Crippen molar-refractivity contribution in [3.8, 4) is 11.4 Å². The third-order valence-corrected chi connectivity index (χ3v) is 3.48. The first kappa shape index (κ1) is 16.0. The Kier molecular flexibility index (Phi) is 4.51. The first-order valence-corrected chi connectivity index (χ1v) is 7.13. The number of benzene rings is 1. The Morgan fingerprint density at radius 2 is 2.00 bits per heavy atom. The number of hydrogen-bond donors (Lipinski definition) is 2. The van der Waals surface area contributed by atoms with Crippen LogP contribution in [0.4, 0.5) is 0 Å². The molecule has 0 atom stereocenters. The lowest BCUT2D eigenvalue weighted by Gasteiger charge is -2.28. The van der Waals surface area contributed by atoms with Gasteiger partial charge in [-0.25, -0.2) is 4.68 Å². The molecule has 0 aliphatic heterocycles. The molecule has 0 aliphatic carbocycles. The van der Waals surface area contributed by atoms with Crippen molar-refractivity contribution in [3.63, 3.8) is 0 Å². The second kappa shape index (κ2) is 6.19. The first-order valence-electron chi connectivity index (χ1n) is 7.13. The minimum absolute atomic E-state index is 0.0409. The average Bonchev–Trinajstić information content (AvgIpc) is 2.89. The van der Waals surface area contributed by atoms with Crippen molar-refractivity contribution in [2.75, 3.05) is 20.1 Å². The molecule has 22 heavy (non-hydrogen) atoms. The molecule has 0 unspecified atom stereocenters. The molecule has 2 rings (SSSR count). The summed E-state index contributed by atoms with van der Waals surface area (Å²) in [4.78, 5) is 14.0. The van der Waals surface area contributed by atoms with Gasteiger partial charge in [-0.05, 0) is 24.1 Å². The number of nitrogens with two attached hydrogens (primary N) is 1. The van der Waals surface area contributed by atoms with E-state index in [0.29, 0.717) is 13.1 Å². The number of carbonyl (C=O) groups is 1. The van der Waals surface area contributed by atoms with Crippen LogP contribution in [-0.4, -0.2) is 45.8 Å². The second-order valence-corrected chi connectivity index (χ2v) is 6.17. The molecule has 118 valence electrons. The highest BCUT2D eigenvalue weighted by atomic mass is 16.3. The number of para-hydroxylation sites is 1. The van der Waals surface area contributed by atoms with Crippen molar-refractivity contribution >= 4 is 5.91 Å². The standard InChI is InChI=1S/C16H22N4O2/c1-16(2,10-17)11-19(3)15(22)14-13(21)9-20(18-14)12-7-5-4-6-8-12/h4-9,21H,10-11,17H2,1-3H3. The Bertz CT molecular complexity index is 649. The third-order valence-electron chi connectivity index (χ3n) is 3.48. The SMILES string of the molecule is CN(CC(C)(C)CN)C(=O)c1nn(-c2ccccc2)cc1O. The van der Waals surface area contributed by atoms with Crippen molar-refractivity contribution in [2.45, 2.75) is 13.8 Å². The van der Waals surface area contributed by atoms with Crippen LogP contribution in [0, 0.1) is 5.41 Å². The topological polar surface area (TPSA) is 84.4 Å². The summed E-state index contributed by atoms with van der Waals surface area (Å²) in [5.74, 6) is -0.458. The van der Waals surface area contributed by atoms with Crippen LogP contribution in [-0.2, 0) is 0 Å². The molecule has 1 heterocycles. The Hall–Kier alpha value is -2.34. The normalized spacial score (nSPS) is 11.5. The van der Waals surface area contributed by atoms with Gasteiger partial charge in [-0.15, -0.1) is 0 Å². The van der Waals surface area contributed by atoms with Crippen LogP contribution in [0.1, 0.15) is 24.3 Å². The van der Waals surface area contributed by atoms with Crippen molar-refractivity contribution in [1.29, 1.82) is 0 Å². The van der Waals surface area contributed by atoms with Crippen molar-refractivity contribution < 1.29 is 9.90 Å².